The molecule has 0 fully saturated rings. The Balaban J connectivity index is 3.10. The van der Waals surface area contributed by atoms with Gasteiger partial charge in [0.25, 0.3) is 0 Å². The van der Waals surface area contributed by atoms with Crippen LogP contribution in [0.15, 0.2) is 12.1 Å². The zero-order valence-corrected chi connectivity index (χ0v) is 10.3. The summed E-state index contributed by atoms with van der Waals surface area (Å²) < 4.78 is 27.1. The predicted octanol–water partition coefficient (Wildman–Crippen LogP) is 3.83. The summed E-state index contributed by atoms with van der Waals surface area (Å²) in [5.41, 5.74) is -0.447. The van der Waals surface area contributed by atoms with E-state index in [0.717, 1.165) is 12.8 Å². The second kappa shape index (κ2) is 5.13. The zero-order valence-electron chi connectivity index (χ0n) is 10.3. The van der Waals surface area contributed by atoms with Crippen molar-refractivity contribution in [3.63, 3.8) is 0 Å². The third-order valence-electron chi connectivity index (χ3n) is 3.20. The molecule has 0 aromatic heterocycles. The van der Waals surface area contributed by atoms with E-state index in [9.17, 15) is 8.78 Å². The molecule has 17 heavy (non-hydrogen) atoms. The van der Waals surface area contributed by atoms with Crippen LogP contribution in [0, 0.1) is 23.0 Å². The van der Waals surface area contributed by atoms with E-state index in [1.54, 1.807) is 6.07 Å². The minimum Gasteiger partial charge on any atom is -0.377 e. The quantitative estimate of drug-likeness (QED) is 0.865. The van der Waals surface area contributed by atoms with E-state index in [4.69, 9.17) is 5.26 Å². The first-order valence-electron chi connectivity index (χ1n) is 5.63. The van der Waals surface area contributed by atoms with Crippen molar-refractivity contribution in [2.75, 3.05) is 5.32 Å². The van der Waals surface area contributed by atoms with Gasteiger partial charge < -0.3 is 5.32 Å². The highest BCUT2D eigenvalue weighted by molar-refractivity contribution is 5.51. The molecule has 0 heterocycles. The van der Waals surface area contributed by atoms with Gasteiger partial charge in [-0.1, -0.05) is 13.8 Å². The van der Waals surface area contributed by atoms with E-state index in [-0.39, 0.29) is 16.8 Å². The van der Waals surface area contributed by atoms with E-state index >= 15 is 0 Å². The Bertz CT molecular complexity index is 445. The smallest absolute Gasteiger partial charge is 0.183 e. The van der Waals surface area contributed by atoms with Crippen LogP contribution in [-0.4, -0.2) is 5.54 Å². The topological polar surface area (TPSA) is 35.8 Å². The third kappa shape index (κ3) is 2.73. The number of benzene rings is 1. The van der Waals surface area contributed by atoms with Gasteiger partial charge in [0.2, 0.25) is 0 Å². The first-order chi connectivity index (χ1) is 7.97. The summed E-state index contributed by atoms with van der Waals surface area (Å²) in [4.78, 5) is 0. The summed E-state index contributed by atoms with van der Waals surface area (Å²) in [5.74, 6) is -2.08. The number of nitriles is 1. The average molecular weight is 238 g/mol. The number of rotatable bonds is 4. The standard InChI is InChI=1S/C13H16F2N2/c1-4-13(3,5-2)17-10-7-6-9(8-16)11(14)12(10)15/h6-7,17H,4-5H2,1-3H3. The fourth-order valence-corrected chi connectivity index (χ4v) is 1.48. The summed E-state index contributed by atoms with van der Waals surface area (Å²) in [6.07, 6.45) is 1.59. The van der Waals surface area contributed by atoms with Gasteiger partial charge in [-0.15, -0.1) is 0 Å². The van der Waals surface area contributed by atoms with Gasteiger partial charge in [0.1, 0.15) is 6.07 Å². The molecule has 0 bridgehead atoms. The third-order valence-corrected chi connectivity index (χ3v) is 3.20. The van der Waals surface area contributed by atoms with E-state index in [2.05, 4.69) is 5.32 Å². The lowest BCUT2D eigenvalue weighted by Crippen LogP contribution is -2.33. The second-order valence-electron chi connectivity index (χ2n) is 4.29. The molecule has 0 saturated heterocycles. The molecule has 0 unspecified atom stereocenters. The lowest BCUT2D eigenvalue weighted by Gasteiger charge is -2.29. The maximum Gasteiger partial charge on any atom is 0.183 e. The molecule has 4 heteroatoms. The Morgan fingerprint density at radius 2 is 1.82 bits per heavy atom. The number of anilines is 1. The summed E-state index contributed by atoms with van der Waals surface area (Å²) in [6.45, 7) is 5.91. The molecule has 1 rings (SSSR count). The minimum absolute atomic E-state index is 0.104. The Kier molecular flexibility index (Phi) is 4.06. The molecule has 0 saturated carbocycles. The predicted molar refractivity (Wildman–Crippen MR) is 63.7 cm³/mol. The van der Waals surface area contributed by atoms with Crippen molar-refractivity contribution < 1.29 is 8.78 Å². The Hall–Kier alpha value is -1.63. The van der Waals surface area contributed by atoms with Crippen LogP contribution in [0.25, 0.3) is 0 Å². The minimum atomic E-state index is -1.09. The van der Waals surface area contributed by atoms with Crippen LogP contribution in [0.2, 0.25) is 0 Å². The van der Waals surface area contributed by atoms with Crippen LogP contribution in [0.5, 0.6) is 0 Å². The summed E-state index contributed by atoms with van der Waals surface area (Å²) in [6, 6.07) is 4.30. The molecular weight excluding hydrogens is 222 g/mol. The maximum atomic E-state index is 13.7. The van der Waals surface area contributed by atoms with Crippen LogP contribution in [0.4, 0.5) is 14.5 Å². The molecule has 2 nitrogen and oxygen atoms in total. The molecule has 0 aliphatic rings. The van der Waals surface area contributed by atoms with Crippen molar-refractivity contribution >= 4 is 5.69 Å². The molecule has 1 aromatic carbocycles. The van der Waals surface area contributed by atoms with Gasteiger partial charge in [0.15, 0.2) is 11.6 Å². The second-order valence-corrected chi connectivity index (χ2v) is 4.29. The highest BCUT2D eigenvalue weighted by Gasteiger charge is 2.22. The van der Waals surface area contributed by atoms with Crippen LogP contribution in [0.1, 0.15) is 39.2 Å². The summed E-state index contributed by atoms with van der Waals surface area (Å²) in [5, 5.41) is 11.6. The molecule has 1 N–H and O–H groups in total. The lowest BCUT2D eigenvalue weighted by atomic mass is 9.95. The molecule has 92 valence electrons. The molecule has 1 aromatic rings. The fourth-order valence-electron chi connectivity index (χ4n) is 1.48. The van der Waals surface area contributed by atoms with Gasteiger partial charge in [-0.05, 0) is 31.9 Å². The van der Waals surface area contributed by atoms with Gasteiger partial charge in [-0.25, -0.2) is 8.78 Å². The molecule has 0 atom stereocenters. The number of nitrogens with one attached hydrogen (secondary N) is 1. The normalized spacial score (nSPS) is 11.1. The first-order valence-corrected chi connectivity index (χ1v) is 5.63. The molecule has 0 aliphatic heterocycles. The van der Waals surface area contributed by atoms with E-state index in [1.807, 2.05) is 20.8 Å². The van der Waals surface area contributed by atoms with Crippen molar-refractivity contribution in [3.8, 4) is 6.07 Å². The fraction of sp³-hybridized carbons (Fsp3) is 0.462. The first kappa shape index (κ1) is 13.4. The van der Waals surface area contributed by atoms with Crippen molar-refractivity contribution in [2.45, 2.75) is 39.2 Å². The largest absolute Gasteiger partial charge is 0.377 e. The van der Waals surface area contributed by atoms with E-state index < -0.39 is 11.6 Å². The Morgan fingerprint density at radius 1 is 1.24 bits per heavy atom. The van der Waals surface area contributed by atoms with E-state index in [1.165, 1.54) is 12.1 Å². The lowest BCUT2D eigenvalue weighted by molar-refractivity contribution is 0.465. The Labute approximate surface area is 100 Å². The highest BCUT2D eigenvalue weighted by Crippen LogP contribution is 2.26. The molecule has 0 amide bonds. The van der Waals surface area contributed by atoms with Crippen molar-refractivity contribution in [1.29, 1.82) is 5.26 Å². The molecular formula is C13H16F2N2. The van der Waals surface area contributed by atoms with E-state index in [0.29, 0.717) is 0 Å². The monoisotopic (exact) mass is 238 g/mol. The number of halogens is 2. The zero-order chi connectivity index (χ0) is 13.1. The molecule has 0 spiro atoms. The van der Waals surface area contributed by atoms with Crippen LogP contribution in [0.3, 0.4) is 0 Å². The van der Waals surface area contributed by atoms with Crippen LogP contribution in [-0.2, 0) is 0 Å². The SMILES string of the molecule is CCC(C)(CC)Nc1ccc(C#N)c(F)c1F. The van der Waals surface area contributed by atoms with Crippen molar-refractivity contribution in [2.24, 2.45) is 0 Å². The van der Waals surface area contributed by atoms with Crippen LogP contribution < -0.4 is 5.32 Å². The molecule has 0 radical (unpaired) electrons. The van der Waals surface area contributed by atoms with Gasteiger partial charge in [0.05, 0.1) is 11.3 Å². The van der Waals surface area contributed by atoms with Gasteiger partial charge in [-0.2, -0.15) is 5.26 Å². The van der Waals surface area contributed by atoms with Crippen molar-refractivity contribution in [3.05, 3.63) is 29.3 Å². The Morgan fingerprint density at radius 3 is 2.29 bits per heavy atom. The number of hydrogen-bond donors (Lipinski definition) is 1. The van der Waals surface area contributed by atoms with Crippen molar-refractivity contribution in [1.82, 2.24) is 0 Å². The van der Waals surface area contributed by atoms with Gasteiger partial charge >= 0.3 is 0 Å². The van der Waals surface area contributed by atoms with Gasteiger partial charge in [-0.3, -0.25) is 0 Å². The highest BCUT2D eigenvalue weighted by atomic mass is 19.2. The summed E-state index contributed by atoms with van der Waals surface area (Å²) in [7, 11) is 0. The van der Waals surface area contributed by atoms with Crippen LogP contribution >= 0.6 is 0 Å². The average Bonchev–Trinajstić information content (AvgIpc) is 2.35. The maximum absolute atomic E-state index is 13.7. The van der Waals surface area contributed by atoms with Gasteiger partial charge in [0, 0.05) is 5.54 Å². The number of hydrogen-bond acceptors (Lipinski definition) is 2. The summed E-state index contributed by atoms with van der Waals surface area (Å²) >= 11 is 0. The molecule has 0 aliphatic carbocycles. The number of nitrogens with zero attached hydrogens (tertiary/aromatic N) is 1.